The van der Waals surface area contributed by atoms with Crippen LogP contribution in [0.15, 0.2) is 24.4 Å². The van der Waals surface area contributed by atoms with E-state index in [0.29, 0.717) is 17.5 Å². The topological polar surface area (TPSA) is 119 Å². The van der Waals surface area contributed by atoms with Gasteiger partial charge in [-0.3, -0.25) is 9.78 Å². The van der Waals surface area contributed by atoms with Crippen molar-refractivity contribution in [2.45, 2.75) is 44.9 Å². The van der Waals surface area contributed by atoms with Crippen LogP contribution in [0.2, 0.25) is 0 Å². The molecule has 0 atom stereocenters. The van der Waals surface area contributed by atoms with E-state index in [1.807, 2.05) is 19.1 Å². The standard InChI is InChI=1S/C25H32N6O4S/c1-16-13-19(7-10-26-16)31-24-22(23(28-31)18-5-4-6-18)21(30-11-8-17(9-12-30)15-35-2)14-20(27-24)25(32)29-36(3,33)34/h7,10,13-14,17-18H,4-6,8-9,11-12,15H2,1-3H3,(H,29,32). The number of carbonyl (C=O) groups is 1. The van der Waals surface area contributed by atoms with Crippen LogP contribution < -0.4 is 9.62 Å². The highest BCUT2D eigenvalue weighted by atomic mass is 32.2. The summed E-state index contributed by atoms with van der Waals surface area (Å²) in [5.41, 5.74) is 4.12. The normalized spacial score (nSPS) is 17.4. The summed E-state index contributed by atoms with van der Waals surface area (Å²) >= 11 is 0. The molecular weight excluding hydrogens is 480 g/mol. The highest BCUT2D eigenvalue weighted by Crippen LogP contribution is 2.43. The molecule has 1 aliphatic carbocycles. The summed E-state index contributed by atoms with van der Waals surface area (Å²) in [5, 5.41) is 5.97. The molecule has 5 rings (SSSR count). The molecule has 0 aromatic carbocycles. The molecule has 0 bridgehead atoms. The summed E-state index contributed by atoms with van der Waals surface area (Å²) in [5.74, 6) is 0.0722. The molecule has 10 nitrogen and oxygen atoms in total. The van der Waals surface area contributed by atoms with E-state index in [1.165, 1.54) is 0 Å². The minimum absolute atomic E-state index is 0.0500. The number of aromatic nitrogens is 4. The van der Waals surface area contributed by atoms with Gasteiger partial charge >= 0.3 is 0 Å². The van der Waals surface area contributed by atoms with Gasteiger partial charge in [0.2, 0.25) is 10.0 Å². The predicted molar refractivity (Wildman–Crippen MR) is 137 cm³/mol. The molecule has 0 spiro atoms. The second-order valence-corrected chi connectivity index (χ2v) is 11.6. The van der Waals surface area contributed by atoms with Crippen molar-refractivity contribution < 1.29 is 17.9 Å². The molecule has 36 heavy (non-hydrogen) atoms. The summed E-state index contributed by atoms with van der Waals surface area (Å²) in [6.07, 6.45) is 7.91. The Hall–Kier alpha value is -3.05. The number of ether oxygens (including phenoxy) is 1. The summed E-state index contributed by atoms with van der Waals surface area (Å²) in [7, 11) is -2.02. The lowest BCUT2D eigenvalue weighted by Gasteiger charge is -2.34. The monoisotopic (exact) mass is 512 g/mol. The highest BCUT2D eigenvalue weighted by Gasteiger charge is 2.31. The van der Waals surface area contributed by atoms with E-state index in [0.717, 1.165) is 86.2 Å². The number of hydrogen-bond acceptors (Lipinski definition) is 8. The van der Waals surface area contributed by atoms with Gasteiger partial charge in [0.25, 0.3) is 5.91 Å². The molecule has 2 fully saturated rings. The minimum atomic E-state index is -3.74. The lowest BCUT2D eigenvalue weighted by molar-refractivity contribution is 0.0977. The van der Waals surface area contributed by atoms with Crippen molar-refractivity contribution in [3.05, 3.63) is 41.5 Å². The molecule has 1 saturated carbocycles. The fourth-order valence-corrected chi connectivity index (χ4v) is 5.54. The number of nitrogens with one attached hydrogen (secondary N) is 1. The fourth-order valence-electron chi connectivity index (χ4n) is 5.10. The predicted octanol–water partition coefficient (Wildman–Crippen LogP) is 2.94. The van der Waals surface area contributed by atoms with Crippen molar-refractivity contribution >= 4 is 32.7 Å². The molecule has 0 radical (unpaired) electrons. The Morgan fingerprint density at radius 2 is 1.94 bits per heavy atom. The highest BCUT2D eigenvalue weighted by molar-refractivity contribution is 7.89. The van der Waals surface area contributed by atoms with Crippen LogP contribution in [0.3, 0.4) is 0 Å². The van der Waals surface area contributed by atoms with Crippen LogP contribution in [0, 0.1) is 12.8 Å². The molecular formula is C25H32N6O4S. The van der Waals surface area contributed by atoms with Gasteiger partial charge in [0.05, 0.1) is 28.7 Å². The maximum Gasteiger partial charge on any atom is 0.283 e. The number of amides is 1. The van der Waals surface area contributed by atoms with E-state index in [-0.39, 0.29) is 5.69 Å². The number of piperidine rings is 1. The van der Waals surface area contributed by atoms with Gasteiger partial charge in [-0.05, 0) is 56.7 Å². The van der Waals surface area contributed by atoms with Gasteiger partial charge in [-0.25, -0.2) is 22.8 Å². The maximum absolute atomic E-state index is 13.0. The first kappa shape index (κ1) is 24.6. The van der Waals surface area contributed by atoms with Crippen molar-refractivity contribution in [1.29, 1.82) is 0 Å². The van der Waals surface area contributed by atoms with Gasteiger partial charge in [-0.2, -0.15) is 5.10 Å². The van der Waals surface area contributed by atoms with Gasteiger partial charge in [0, 0.05) is 44.6 Å². The lowest BCUT2D eigenvalue weighted by Crippen LogP contribution is -2.36. The summed E-state index contributed by atoms with van der Waals surface area (Å²) in [4.78, 5) is 24.2. The molecule has 0 unspecified atom stereocenters. The summed E-state index contributed by atoms with van der Waals surface area (Å²) in [6.45, 7) is 4.26. The van der Waals surface area contributed by atoms with Gasteiger partial charge in [-0.1, -0.05) is 6.42 Å². The van der Waals surface area contributed by atoms with Crippen molar-refractivity contribution in [1.82, 2.24) is 24.5 Å². The van der Waals surface area contributed by atoms with Crippen molar-refractivity contribution in [3.8, 4) is 5.69 Å². The Morgan fingerprint density at radius 3 is 2.56 bits per heavy atom. The van der Waals surface area contributed by atoms with Crippen LogP contribution >= 0.6 is 0 Å². The zero-order valence-corrected chi connectivity index (χ0v) is 21.7. The first-order valence-corrected chi connectivity index (χ1v) is 14.3. The molecule has 3 aromatic rings. The van der Waals surface area contributed by atoms with Gasteiger partial charge in [-0.15, -0.1) is 0 Å². The molecule has 1 aliphatic heterocycles. The average Bonchev–Trinajstić information content (AvgIpc) is 3.16. The van der Waals surface area contributed by atoms with Crippen LogP contribution in [0.1, 0.15) is 59.9 Å². The first-order chi connectivity index (χ1) is 17.2. The number of aryl methyl sites for hydroxylation is 1. The number of rotatable bonds is 7. The Labute approximate surface area is 211 Å². The Morgan fingerprint density at radius 1 is 1.19 bits per heavy atom. The van der Waals surface area contributed by atoms with Gasteiger partial charge in [0.15, 0.2) is 5.65 Å². The quantitative estimate of drug-likeness (QED) is 0.513. The molecule has 3 aromatic heterocycles. The third kappa shape index (κ3) is 4.94. The Balaban J connectivity index is 1.69. The first-order valence-electron chi connectivity index (χ1n) is 12.4. The number of anilines is 1. The molecule has 1 saturated heterocycles. The van der Waals surface area contributed by atoms with Crippen LogP contribution in [0.4, 0.5) is 5.69 Å². The third-order valence-electron chi connectivity index (χ3n) is 7.13. The van der Waals surface area contributed by atoms with Gasteiger partial charge < -0.3 is 9.64 Å². The van der Waals surface area contributed by atoms with Crippen LogP contribution in [0.25, 0.3) is 16.7 Å². The second-order valence-electron chi connectivity index (χ2n) is 9.89. The molecule has 1 N–H and O–H groups in total. The van der Waals surface area contributed by atoms with Crippen molar-refractivity contribution in [2.75, 3.05) is 38.0 Å². The van der Waals surface area contributed by atoms with Crippen molar-refractivity contribution in [2.24, 2.45) is 5.92 Å². The number of fused-ring (bicyclic) bond motifs is 1. The SMILES string of the molecule is COCC1CCN(c2cc(C(=O)NS(C)(=O)=O)nc3c2c(C2CCC2)nn3-c2ccnc(C)c2)CC1. The minimum Gasteiger partial charge on any atom is -0.384 e. The second kappa shape index (κ2) is 9.78. The average molecular weight is 513 g/mol. The van der Waals surface area contributed by atoms with Crippen LogP contribution in [-0.4, -0.2) is 67.1 Å². The molecule has 11 heteroatoms. The molecule has 4 heterocycles. The van der Waals surface area contributed by atoms with E-state index < -0.39 is 15.9 Å². The Bertz CT molecular complexity index is 1390. The van der Waals surface area contributed by atoms with E-state index in [2.05, 4.69) is 19.6 Å². The zero-order chi connectivity index (χ0) is 25.4. The molecule has 192 valence electrons. The number of pyridine rings is 2. The van der Waals surface area contributed by atoms with Crippen LogP contribution in [-0.2, 0) is 14.8 Å². The third-order valence-corrected chi connectivity index (χ3v) is 7.69. The summed E-state index contributed by atoms with van der Waals surface area (Å²) < 4.78 is 32.9. The smallest absolute Gasteiger partial charge is 0.283 e. The molecule has 1 amide bonds. The van der Waals surface area contributed by atoms with Gasteiger partial charge in [0.1, 0.15) is 5.69 Å². The maximum atomic E-state index is 13.0. The Kier molecular flexibility index (Phi) is 6.69. The van der Waals surface area contributed by atoms with E-state index >= 15 is 0 Å². The van der Waals surface area contributed by atoms with Crippen LogP contribution in [0.5, 0.6) is 0 Å². The van der Waals surface area contributed by atoms with E-state index in [9.17, 15) is 13.2 Å². The van der Waals surface area contributed by atoms with E-state index in [4.69, 9.17) is 9.84 Å². The fraction of sp³-hybridized carbons (Fsp3) is 0.520. The van der Waals surface area contributed by atoms with E-state index in [1.54, 1.807) is 24.1 Å². The number of methoxy groups -OCH3 is 1. The zero-order valence-electron chi connectivity index (χ0n) is 20.9. The summed E-state index contributed by atoms with van der Waals surface area (Å²) in [6, 6.07) is 5.52. The number of hydrogen-bond donors (Lipinski definition) is 1. The van der Waals surface area contributed by atoms with Crippen molar-refractivity contribution in [3.63, 3.8) is 0 Å². The molecule has 2 aliphatic rings. The lowest BCUT2D eigenvalue weighted by atomic mass is 9.82. The number of carbonyl (C=O) groups excluding carboxylic acids is 1. The number of sulfonamides is 1. The number of nitrogens with zero attached hydrogens (tertiary/aromatic N) is 5. The largest absolute Gasteiger partial charge is 0.384 e.